The van der Waals surface area contributed by atoms with Gasteiger partial charge in [0.15, 0.2) is 17.4 Å². The summed E-state index contributed by atoms with van der Waals surface area (Å²) >= 11 is 0. The van der Waals surface area contributed by atoms with Crippen LogP contribution in [0.15, 0.2) is 65.2 Å². The third-order valence-electron chi connectivity index (χ3n) is 3.71. The quantitative estimate of drug-likeness (QED) is 0.429. The van der Waals surface area contributed by atoms with E-state index < -0.39 is 4.92 Å². The molecule has 0 amide bonds. The van der Waals surface area contributed by atoms with Gasteiger partial charge in [0.25, 0.3) is 5.69 Å². The normalized spacial score (nSPS) is 14.6. The minimum atomic E-state index is -0.459. The van der Waals surface area contributed by atoms with Crippen LogP contribution in [0, 0.1) is 17.0 Å². The molecule has 0 saturated heterocycles. The Morgan fingerprint density at radius 3 is 2.70 bits per heavy atom. The molecular formula is C17H18N6O4. The van der Waals surface area contributed by atoms with Gasteiger partial charge in [-0.05, 0) is 30.3 Å². The smallest absolute Gasteiger partial charge is 0.275 e. The molecule has 10 heteroatoms. The van der Waals surface area contributed by atoms with E-state index in [1.165, 1.54) is 6.07 Å². The summed E-state index contributed by atoms with van der Waals surface area (Å²) in [5.41, 5.74) is 13.7. The van der Waals surface area contributed by atoms with Crippen molar-refractivity contribution in [1.82, 2.24) is 11.0 Å². The molecule has 10 nitrogen and oxygen atoms in total. The molecule has 1 aliphatic heterocycles. The SMILES string of the molecule is Cc1ccc(NC(NOCc2ccccc2[N+](=O)[O-])=C2NON=C2N)cc1. The van der Waals surface area contributed by atoms with Gasteiger partial charge in [0.1, 0.15) is 6.61 Å². The molecule has 0 spiro atoms. The maximum absolute atomic E-state index is 11.1. The lowest BCUT2D eigenvalue weighted by Gasteiger charge is -2.15. The van der Waals surface area contributed by atoms with Crippen LogP contribution in [0.2, 0.25) is 0 Å². The Kier molecular flexibility index (Phi) is 5.38. The Morgan fingerprint density at radius 2 is 2.04 bits per heavy atom. The molecule has 0 radical (unpaired) electrons. The Balaban J connectivity index is 1.74. The van der Waals surface area contributed by atoms with E-state index >= 15 is 0 Å². The van der Waals surface area contributed by atoms with E-state index in [2.05, 4.69) is 21.4 Å². The molecule has 2 aromatic carbocycles. The second-order valence-corrected chi connectivity index (χ2v) is 5.69. The van der Waals surface area contributed by atoms with Gasteiger partial charge in [-0.25, -0.2) is 5.48 Å². The minimum Gasteiger partial charge on any atom is -0.379 e. The molecular weight excluding hydrogens is 352 g/mol. The number of nitrogens with one attached hydrogen (secondary N) is 3. The summed E-state index contributed by atoms with van der Waals surface area (Å²) in [4.78, 5) is 20.8. The number of nitrogens with two attached hydrogens (primary N) is 1. The van der Waals surface area contributed by atoms with Crippen LogP contribution in [-0.4, -0.2) is 10.8 Å². The summed E-state index contributed by atoms with van der Waals surface area (Å²) in [6.45, 7) is 1.94. The second-order valence-electron chi connectivity index (χ2n) is 5.69. The van der Waals surface area contributed by atoms with Crippen LogP contribution in [0.1, 0.15) is 11.1 Å². The van der Waals surface area contributed by atoms with Crippen molar-refractivity contribution >= 4 is 17.2 Å². The number of nitro benzene ring substituents is 1. The highest BCUT2D eigenvalue weighted by atomic mass is 16.8. The van der Waals surface area contributed by atoms with Gasteiger partial charge in [-0.3, -0.25) is 19.9 Å². The van der Waals surface area contributed by atoms with Gasteiger partial charge in [-0.2, -0.15) is 5.48 Å². The average molecular weight is 370 g/mol. The topological polar surface area (TPSA) is 136 Å². The lowest BCUT2D eigenvalue weighted by Crippen LogP contribution is -2.30. The molecule has 0 fully saturated rings. The van der Waals surface area contributed by atoms with Gasteiger partial charge >= 0.3 is 0 Å². The van der Waals surface area contributed by atoms with Gasteiger partial charge in [-0.15, -0.1) is 0 Å². The molecule has 0 aliphatic carbocycles. The van der Waals surface area contributed by atoms with Crippen molar-refractivity contribution in [3.63, 3.8) is 0 Å². The Hall–Kier alpha value is -3.79. The van der Waals surface area contributed by atoms with E-state index in [0.29, 0.717) is 17.1 Å². The van der Waals surface area contributed by atoms with Gasteiger partial charge in [0.05, 0.1) is 10.5 Å². The van der Waals surface area contributed by atoms with Crippen molar-refractivity contribution in [2.24, 2.45) is 10.9 Å². The first-order valence-electron chi connectivity index (χ1n) is 7.98. The van der Waals surface area contributed by atoms with Gasteiger partial charge in [0.2, 0.25) is 0 Å². The number of benzene rings is 2. The zero-order valence-electron chi connectivity index (χ0n) is 14.4. The molecule has 0 aromatic heterocycles. The van der Waals surface area contributed by atoms with E-state index in [4.69, 9.17) is 15.5 Å². The van der Waals surface area contributed by atoms with E-state index in [0.717, 1.165) is 11.3 Å². The summed E-state index contributed by atoms with van der Waals surface area (Å²) in [5.74, 6) is 0.461. The van der Waals surface area contributed by atoms with E-state index in [1.807, 2.05) is 31.2 Å². The number of nitrogens with zero attached hydrogens (tertiary/aromatic N) is 2. The molecule has 27 heavy (non-hydrogen) atoms. The number of nitro groups is 1. The molecule has 1 aliphatic rings. The fraction of sp³-hybridized carbons (Fsp3) is 0.118. The van der Waals surface area contributed by atoms with Crippen molar-refractivity contribution in [2.45, 2.75) is 13.5 Å². The number of hydrogen-bond acceptors (Lipinski definition) is 9. The van der Waals surface area contributed by atoms with Crippen LogP contribution >= 0.6 is 0 Å². The maximum Gasteiger partial charge on any atom is 0.275 e. The Labute approximate surface area is 154 Å². The number of para-hydroxylation sites is 1. The summed E-state index contributed by atoms with van der Waals surface area (Å²) in [5, 5.41) is 17.8. The molecule has 140 valence electrons. The number of amidine groups is 1. The minimum absolute atomic E-state index is 0.0246. The molecule has 0 atom stereocenters. The second kappa shape index (κ2) is 8.06. The molecule has 3 rings (SSSR count). The van der Waals surface area contributed by atoms with Gasteiger partial charge < -0.3 is 11.1 Å². The van der Waals surface area contributed by atoms with E-state index in [-0.39, 0.29) is 18.1 Å². The molecule has 2 aromatic rings. The standard InChI is InChI=1S/C17H18N6O4/c1-11-6-8-13(9-7-11)19-17(15-16(18)21-27-20-15)22-26-10-12-4-2-3-5-14(12)23(24)25/h2-9,19-20,22H,10H2,1H3,(H2,18,21). The first kappa shape index (κ1) is 18.0. The maximum atomic E-state index is 11.1. The van der Waals surface area contributed by atoms with Crippen molar-refractivity contribution in [3.05, 3.63) is 81.3 Å². The van der Waals surface area contributed by atoms with E-state index in [9.17, 15) is 10.1 Å². The molecule has 0 saturated carbocycles. The number of rotatable bonds is 7. The highest BCUT2D eigenvalue weighted by Crippen LogP contribution is 2.19. The highest BCUT2D eigenvalue weighted by molar-refractivity contribution is 5.97. The largest absolute Gasteiger partial charge is 0.379 e. The van der Waals surface area contributed by atoms with Crippen molar-refractivity contribution in [1.29, 1.82) is 0 Å². The third kappa shape index (κ3) is 4.44. The van der Waals surface area contributed by atoms with Gasteiger partial charge in [-0.1, -0.05) is 29.8 Å². The molecule has 5 N–H and O–H groups in total. The zero-order chi connectivity index (χ0) is 19.2. The number of oxime groups is 1. The lowest BCUT2D eigenvalue weighted by molar-refractivity contribution is -0.386. The average Bonchev–Trinajstić information content (AvgIpc) is 3.09. The van der Waals surface area contributed by atoms with Gasteiger partial charge in [0, 0.05) is 11.8 Å². The Morgan fingerprint density at radius 1 is 1.30 bits per heavy atom. The first-order valence-corrected chi connectivity index (χ1v) is 7.98. The fourth-order valence-corrected chi connectivity index (χ4v) is 2.31. The van der Waals surface area contributed by atoms with Crippen LogP contribution in [0.4, 0.5) is 11.4 Å². The number of hydroxylamine groups is 2. The van der Waals surface area contributed by atoms with Crippen molar-refractivity contribution in [3.8, 4) is 0 Å². The lowest BCUT2D eigenvalue weighted by atomic mass is 10.2. The van der Waals surface area contributed by atoms with Crippen LogP contribution in [0.5, 0.6) is 0 Å². The van der Waals surface area contributed by atoms with Crippen molar-refractivity contribution < 1.29 is 14.7 Å². The number of anilines is 1. The first-order chi connectivity index (χ1) is 13.0. The number of hydrogen-bond donors (Lipinski definition) is 4. The summed E-state index contributed by atoms with van der Waals surface area (Å²) < 4.78 is 0. The van der Waals surface area contributed by atoms with Crippen LogP contribution < -0.4 is 22.0 Å². The molecule has 1 heterocycles. The predicted octanol–water partition coefficient (Wildman–Crippen LogP) is 2.01. The molecule has 0 bridgehead atoms. The third-order valence-corrected chi connectivity index (χ3v) is 3.71. The highest BCUT2D eigenvalue weighted by Gasteiger charge is 2.19. The zero-order valence-corrected chi connectivity index (χ0v) is 14.4. The van der Waals surface area contributed by atoms with E-state index in [1.54, 1.807) is 18.2 Å². The molecule has 0 unspecified atom stereocenters. The summed E-state index contributed by atoms with van der Waals surface area (Å²) in [6, 6.07) is 14.0. The monoisotopic (exact) mass is 370 g/mol. The van der Waals surface area contributed by atoms with Crippen LogP contribution in [0.3, 0.4) is 0 Å². The predicted molar refractivity (Wildman–Crippen MR) is 98.7 cm³/mol. The van der Waals surface area contributed by atoms with Crippen LogP contribution in [0.25, 0.3) is 0 Å². The number of aryl methyl sites for hydroxylation is 1. The Bertz CT molecular complexity index is 895. The fourth-order valence-electron chi connectivity index (χ4n) is 2.31. The summed E-state index contributed by atoms with van der Waals surface area (Å²) in [7, 11) is 0. The summed E-state index contributed by atoms with van der Waals surface area (Å²) in [6.07, 6.45) is 0. The van der Waals surface area contributed by atoms with Crippen molar-refractivity contribution in [2.75, 3.05) is 5.32 Å². The van der Waals surface area contributed by atoms with Crippen LogP contribution in [-0.2, 0) is 16.4 Å².